The number of hydrogen-bond donors (Lipinski definition) is 1. The molecule has 122 valence electrons. The molecule has 0 radical (unpaired) electrons. The maximum atomic E-state index is 10.1. The van der Waals surface area contributed by atoms with E-state index in [1.54, 1.807) is 12.1 Å². The number of nitrogens with zero attached hydrogens (tertiary/aromatic N) is 1. The van der Waals surface area contributed by atoms with Gasteiger partial charge in [0, 0.05) is 0 Å². The van der Waals surface area contributed by atoms with E-state index in [-0.39, 0.29) is 6.61 Å². The maximum absolute atomic E-state index is 10.1. The predicted molar refractivity (Wildman–Crippen MR) is 91.5 cm³/mol. The Labute approximate surface area is 139 Å². The monoisotopic (exact) mass is 331 g/mol. The first-order chi connectivity index (χ1) is 11.1. The molecule has 23 heavy (non-hydrogen) atoms. The van der Waals surface area contributed by atoms with Crippen LogP contribution < -0.4 is 0 Å². The summed E-state index contributed by atoms with van der Waals surface area (Å²) >= 11 is 0. The number of nitriles is 1. The molecule has 0 aromatic heterocycles. The van der Waals surface area contributed by atoms with Crippen LogP contribution in [0.1, 0.15) is 29.5 Å². The van der Waals surface area contributed by atoms with Gasteiger partial charge in [-0.3, -0.25) is 4.18 Å². The summed E-state index contributed by atoms with van der Waals surface area (Å²) in [6.07, 6.45) is 2.45. The van der Waals surface area contributed by atoms with Crippen LogP contribution in [-0.4, -0.2) is 15.0 Å². The largest absolute Gasteiger partial charge is 0.272 e. The molecule has 0 aliphatic carbocycles. The van der Waals surface area contributed by atoms with Gasteiger partial charge in [0.15, 0.2) is 0 Å². The fourth-order valence-electron chi connectivity index (χ4n) is 1.85. The molecule has 2 rings (SSSR count). The van der Waals surface area contributed by atoms with E-state index in [0.29, 0.717) is 12.0 Å². The minimum Gasteiger partial charge on any atom is -0.272 e. The summed E-state index contributed by atoms with van der Waals surface area (Å²) in [4.78, 5) is 0. The van der Waals surface area contributed by atoms with Crippen molar-refractivity contribution in [1.82, 2.24) is 0 Å². The van der Waals surface area contributed by atoms with Gasteiger partial charge in [-0.05, 0) is 43.9 Å². The van der Waals surface area contributed by atoms with Crippen LogP contribution in [0.4, 0.5) is 0 Å². The van der Waals surface area contributed by atoms with Gasteiger partial charge in [0.1, 0.15) is 0 Å². The van der Waals surface area contributed by atoms with Crippen molar-refractivity contribution in [3.8, 4) is 6.07 Å². The van der Waals surface area contributed by atoms with Crippen LogP contribution in [0.2, 0.25) is 0 Å². The van der Waals surface area contributed by atoms with Gasteiger partial charge in [-0.15, -0.1) is 0 Å². The number of aryl methyl sites for hydroxylation is 2. The molecule has 0 amide bonds. The Morgan fingerprint density at radius 3 is 2.13 bits per heavy atom. The Morgan fingerprint density at radius 2 is 1.65 bits per heavy atom. The molecule has 0 fully saturated rings. The third-order valence-electron chi connectivity index (χ3n) is 3.08. The average molecular weight is 331 g/mol. The highest BCUT2D eigenvalue weighted by molar-refractivity contribution is 7.67. The van der Waals surface area contributed by atoms with Gasteiger partial charge in [-0.25, -0.2) is 8.42 Å². The van der Waals surface area contributed by atoms with Crippen LogP contribution in [0.5, 0.6) is 0 Å². The van der Waals surface area contributed by atoms with E-state index in [1.807, 2.05) is 30.3 Å². The van der Waals surface area contributed by atoms with E-state index in [2.05, 4.69) is 29.3 Å². The molecule has 2 aromatic rings. The Hall–Kier alpha value is -2.16. The smallest absolute Gasteiger partial charge is 0.257 e. The van der Waals surface area contributed by atoms with Gasteiger partial charge >= 0.3 is 0 Å². The summed E-state index contributed by atoms with van der Waals surface area (Å²) in [6.45, 7) is 2.33. The fourth-order valence-corrected chi connectivity index (χ4v) is 2.13. The highest BCUT2D eigenvalue weighted by Crippen LogP contribution is 2.07. The lowest BCUT2D eigenvalue weighted by atomic mass is 10.1. The Kier molecular flexibility index (Phi) is 9.37. The van der Waals surface area contributed by atoms with Gasteiger partial charge in [-0.2, -0.15) is 5.26 Å². The van der Waals surface area contributed by atoms with Crippen molar-refractivity contribution in [2.24, 2.45) is 0 Å². The second kappa shape index (κ2) is 11.4. The van der Waals surface area contributed by atoms with Crippen molar-refractivity contribution >= 4 is 11.0 Å². The van der Waals surface area contributed by atoms with E-state index in [9.17, 15) is 8.42 Å². The zero-order valence-electron chi connectivity index (χ0n) is 13.1. The zero-order chi connectivity index (χ0) is 16.9. The molecule has 0 aliphatic heterocycles. The van der Waals surface area contributed by atoms with E-state index in [1.165, 1.54) is 5.56 Å². The molecule has 0 unspecified atom stereocenters. The highest BCUT2D eigenvalue weighted by Gasteiger charge is 1.95. The predicted octanol–water partition coefficient (Wildman–Crippen LogP) is 3.42. The van der Waals surface area contributed by atoms with E-state index < -0.39 is 11.0 Å². The second-order valence-electron chi connectivity index (χ2n) is 4.98. The van der Waals surface area contributed by atoms with E-state index >= 15 is 0 Å². The molecule has 0 saturated carbocycles. The Bertz CT molecular complexity index is 666. The molecule has 4 nitrogen and oxygen atoms in total. The quantitative estimate of drug-likeness (QED) is 0.650. The molecule has 0 aliphatic rings. The van der Waals surface area contributed by atoms with Crippen LogP contribution >= 0.6 is 0 Å². The first-order valence-corrected chi connectivity index (χ1v) is 8.49. The number of benzene rings is 2. The molecule has 0 heterocycles. The molecule has 0 spiro atoms. The maximum Gasteiger partial charge on any atom is 0.257 e. The molecule has 5 heteroatoms. The van der Waals surface area contributed by atoms with E-state index in [0.717, 1.165) is 18.4 Å². The van der Waals surface area contributed by atoms with Crippen LogP contribution in [0.15, 0.2) is 54.6 Å². The highest BCUT2D eigenvalue weighted by atomic mass is 32.2. The van der Waals surface area contributed by atoms with Crippen molar-refractivity contribution in [2.45, 2.75) is 26.2 Å². The first kappa shape index (κ1) is 18.9. The average Bonchev–Trinajstić information content (AvgIpc) is 2.56. The molecule has 0 atom stereocenters. The normalized spacial score (nSPS) is 9.78. The van der Waals surface area contributed by atoms with Crippen molar-refractivity contribution in [2.75, 3.05) is 6.61 Å². The van der Waals surface area contributed by atoms with Crippen LogP contribution in [0, 0.1) is 18.3 Å². The lowest BCUT2D eigenvalue weighted by molar-refractivity contribution is 0.322. The topological polar surface area (TPSA) is 67.2 Å². The van der Waals surface area contributed by atoms with E-state index in [4.69, 9.17) is 5.26 Å². The third kappa shape index (κ3) is 9.46. The summed E-state index contributed by atoms with van der Waals surface area (Å²) < 4.78 is 24.6. The molecular weight excluding hydrogens is 310 g/mol. The minimum absolute atomic E-state index is 0.245. The number of rotatable bonds is 6. The molecular formula is C18H21NO3S. The number of hydrogen-bond acceptors (Lipinski definition) is 4. The summed E-state index contributed by atoms with van der Waals surface area (Å²) in [5.74, 6) is 0. The zero-order valence-corrected chi connectivity index (χ0v) is 14.0. The lowest BCUT2D eigenvalue weighted by Crippen LogP contribution is -1.94. The van der Waals surface area contributed by atoms with Crippen LogP contribution in [-0.2, 0) is 21.6 Å². The van der Waals surface area contributed by atoms with Crippen molar-refractivity contribution in [1.29, 1.82) is 5.26 Å². The minimum atomic E-state index is -2.71. The Balaban J connectivity index is 0.000000313. The van der Waals surface area contributed by atoms with Gasteiger partial charge in [-0.1, -0.05) is 48.0 Å². The molecule has 0 bridgehead atoms. The van der Waals surface area contributed by atoms with Crippen molar-refractivity contribution in [3.05, 3.63) is 71.3 Å². The third-order valence-corrected chi connectivity index (χ3v) is 3.47. The summed E-state index contributed by atoms with van der Waals surface area (Å²) in [5, 5.41) is 8.60. The fraction of sp³-hybridized carbons (Fsp3) is 0.278. The summed E-state index contributed by atoms with van der Waals surface area (Å²) in [7, 11) is -2.71. The van der Waals surface area contributed by atoms with Gasteiger partial charge in [0.25, 0.3) is 11.0 Å². The van der Waals surface area contributed by atoms with Gasteiger partial charge < -0.3 is 0 Å². The Morgan fingerprint density at radius 1 is 1.00 bits per heavy atom. The molecule has 2 aromatic carbocycles. The summed E-state index contributed by atoms with van der Waals surface area (Å²) in [5.41, 5.74) is 3.11. The van der Waals surface area contributed by atoms with Crippen LogP contribution in [0.25, 0.3) is 0 Å². The first-order valence-electron chi connectivity index (χ1n) is 7.40. The SMILES string of the molecule is Cc1ccccc1.N#Cc1ccc(CCCCO[SH](=O)=O)cc1. The van der Waals surface area contributed by atoms with Crippen molar-refractivity contribution < 1.29 is 12.6 Å². The second-order valence-corrected chi connectivity index (χ2v) is 5.68. The van der Waals surface area contributed by atoms with Gasteiger partial charge in [0.05, 0.1) is 18.2 Å². The summed E-state index contributed by atoms with van der Waals surface area (Å²) in [6, 6.07) is 19.7. The number of thiol groups is 1. The van der Waals surface area contributed by atoms with Crippen molar-refractivity contribution in [3.63, 3.8) is 0 Å². The van der Waals surface area contributed by atoms with Gasteiger partial charge in [0.2, 0.25) is 0 Å². The van der Waals surface area contributed by atoms with Crippen LogP contribution in [0.3, 0.4) is 0 Å². The molecule has 0 saturated heterocycles. The standard InChI is InChI=1S/C11H13NO3S.C7H8/c12-9-11-6-4-10(5-7-11)3-1-2-8-15-16(13)14;1-7-5-3-2-4-6-7/h4-7,16H,1-3,8H2;2-6H,1H3. The number of unbranched alkanes of at least 4 members (excludes halogenated alkanes) is 1. The lowest BCUT2D eigenvalue weighted by Gasteiger charge is -2.00. The molecule has 0 N–H and O–H groups in total.